The van der Waals surface area contributed by atoms with Crippen LogP contribution in [-0.4, -0.2) is 15.3 Å². The van der Waals surface area contributed by atoms with E-state index in [0.29, 0.717) is 0 Å². The van der Waals surface area contributed by atoms with Gasteiger partial charge in [0, 0.05) is 5.56 Å². The fourth-order valence-corrected chi connectivity index (χ4v) is 1.01. The van der Waals surface area contributed by atoms with Crippen LogP contribution in [0.1, 0.15) is 18.1 Å². The van der Waals surface area contributed by atoms with Crippen molar-refractivity contribution in [2.24, 2.45) is 0 Å². The number of aromatic hydroxyl groups is 2. The molecular formula is C9H9NO3. The predicted molar refractivity (Wildman–Crippen MR) is 45.0 cm³/mol. The van der Waals surface area contributed by atoms with Gasteiger partial charge < -0.3 is 15.3 Å². The zero-order valence-electron chi connectivity index (χ0n) is 6.81. The average Bonchev–Trinajstić information content (AvgIpc) is 2.09. The van der Waals surface area contributed by atoms with E-state index in [0.717, 1.165) is 0 Å². The quantitative estimate of drug-likeness (QED) is 0.592. The highest BCUT2D eigenvalue weighted by Crippen LogP contribution is 2.29. The van der Waals surface area contributed by atoms with E-state index in [9.17, 15) is 10.2 Å². The summed E-state index contributed by atoms with van der Waals surface area (Å²) in [4.78, 5) is 0. The van der Waals surface area contributed by atoms with Gasteiger partial charge in [-0.3, -0.25) is 0 Å². The van der Waals surface area contributed by atoms with Crippen LogP contribution in [0.4, 0.5) is 0 Å². The van der Waals surface area contributed by atoms with Crippen molar-refractivity contribution in [3.05, 3.63) is 23.8 Å². The lowest BCUT2D eigenvalue weighted by molar-refractivity contribution is 0.179. The Morgan fingerprint density at radius 2 is 2.08 bits per heavy atom. The van der Waals surface area contributed by atoms with Crippen LogP contribution in [0.25, 0.3) is 0 Å². The second kappa shape index (κ2) is 3.78. The summed E-state index contributed by atoms with van der Waals surface area (Å²) >= 11 is 0. The minimum atomic E-state index is -1.06. The first-order valence-electron chi connectivity index (χ1n) is 3.72. The summed E-state index contributed by atoms with van der Waals surface area (Å²) in [7, 11) is 0. The molecule has 13 heavy (non-hydrogen) atoms. The number of aliphatic hydroxyl groups is 1. The van der Waals surface area contributed by atoms with Crippen LogP contribution < -0.4 is 0 Å². The summed E-state index contributed by atoms with van der Waals surface area (Å²) in [5, 5.41) is 35.9. The Kier molecular flexibility index (Phi) is 2.72. The summed E-state index contributed by atoms with van der Waals surface area (Å²) in [6.45, 7) is 0. The van der Waals surface area contributed by atoms with Crippen molar-refractivity contribution in [2.45, 2.75) is 12.5 Å². The molecule has 68 valence electrons. The van der Waals surface area contributed by atoms with Crippen LogP contribution in [0.3, 0.4) is 0 Å². The topological polar surface area (TPSA) is 84.5 Å². The first-order valence-corrected chi connectivity index (χ1v) is 3.72. The van der Waals surface area contributed by atoms with Crippen LogP contribution in [0.2, 0.25) is 0 Å². The second-order valence-corrected chi connectivity index (χ2v) is 2.62. The Balaban J connectivity index is 3.00. The van der Waals surface area contributed by atoms with Gasteiger partial charge in [-0.25, -0.2) is 0 Å². The van der Waals surface area contributed by atoms with E-state index in [2.05, 4.69) is 0 Å². The Bertz CT molecular complexity index is 343. The molecule has 0 saturated carbocycles. The molecule has 1 aromatic rings. The molecule has 3 N–H and O–H groups in total. The molecule has 0 fully saturated rings. The monoisotopic (exact) mass is 179 g/mol. The molecular weight excluding hydrogens is 170 g/mol. The molecule has 1 rings (SSSR count). The smallest absolute Gasteiger partial charge is 0.121 e. The Labute approximate surface area is 75.3 Å². The molecule has 0 saturated heterocycles. The second-order valence-electron chi connectivity index (χ2n) is 2.62. The van der Waals surface area contributed by atoms with Gasteiger partial charge in [-0.15, -0.1) is 0 Å². The third-order valence-corrected chi connectivity index (χ3v) is 1.65. The molecule has 0 aliphatic heterocycles. The molecule has 1 unspecified atom stereocenters. The van der Waals surface area contributed by atoms with Gasteiger partial charge in [-0.05, 0) is 18.2 Å². The normalized spacial score (nSPS) is 12.0. The van der Waals surface area contributed by atoms with Crippen molar-refractivity contribution in [3.8, 4) is 17.6 Å². The maximum absolute atomic E-state index is 9.33. The molecule has 4 nitrogen and oxygen atoms in total. The van der Waals surface area contributed by atoms with E-state index >= 15 is 0 Å². The zero-order chi connectivity index (χ0) is 9.84. The third kappa shape index (κ3) is 2.10. The summed E-state index contributed by atoms with van der Waals surface area (Å²) in [6, 6.07) is 5.58. The van der Waals surface area contributed by atoms with Gasteiger partial charge >= 0.3 is 0 Å². The molecule has 1 aromatic carbocycles. The van der Waals surface area contributed by atoms with E-state index in [1.54, 1.807) is 6.07 Å². The van der Waals surface area contributed by atoms with Crippen molar-refractivity contribution in [1.29, 1.82) is 5.26 Å². The van der Waals surface area contributed by atoms with Gasteiger partial charge in [0.2, 0.25) is 0 Å². The first kappa shape index (κ1) is 9.36. The van der Waals surface area contributed by atoms with E-state index in [1.807, 2.05) is 0 Å². The molecule has 4 heteroatoms. The van der Waals surface area contributed by atoms with Crippen LogP contribution in [0.15, 0.2) is 18.2 Å². The SMILES string of the molecule is N#CCC(O)c1cc(O)ccc1O. The fourth-order valence-electron chi connectivity index (χ4n) is 1.01. The molecule has 0 heterocycles. The molecule has 0 aliphatic carbocycles. The molecule has 0 spiro atoms. The number of rotatable bonds is 2. The maximum atomic E-state index is 9.33. The molecule has 0 amide bonds. The van der Waals surface area contributed by atoms with Crippen molar-refractivity contribution in [3.63, 3.8) is 0 Å². The number of nitriles is 1. The van der Waals surface area contributed by atoms with Crippen molar-refractivity contribution >= 4 is 0 Å². The van der Waals surface area contributed by atoms with Crippen LogP contribution >= 0.6 is 0 Å². The highest BCUT2D eigenvalue weighted by Gasteiger charge is 2.12. The standard InChI is InChI=1S/C9H9NO3/c10-4-3-9(13)7-5-6(11)1-2-8(7)12/h1-2,5,9,11-13H,3H2. The van der Waals surface area contributed by atoms with E-state index in [1.165, 1.54) is 18.2 Å². The van der Waals surface area contributed by atoms with Crippen molar-refractivity contribution in [1.82, 2.24) is 0 Å². The van der Waals surface area contributed by atoms with Crippen molar-refractivity contribution < 1.29 is 15.3 Å². The number of hydrogen-bond donors (Lipinski definition) is 3. The molecule has 0 bridgehead atoms. The average molecular weight is 179 g/mol. The first-order chi connectivity index (χ1) is 6.15. The number of hydrogen-bond acceptors (Lipinski definition) is 4. The number of phenolic OH excluding ortho intramolecular Hbond substituents is 2. The maximum Gasteiger partial charge on any atom is 0.121 e. The predicted octanol–water partition coefficient (Wildman–Crippen LogP) is 1.04. The lowest BCUT2D eigenvalue weighted by atomic mass is 10.1. The zero-order valence-corrected chi connectivity index (χ0v) is 6.81. The van der Waals surface area contributed by atoms with Gasteiger partial charge in [-0.2, -0.15) is 5.26 Å². The van der Waals surface area contributed by atoms with Crippen LogP contribution in [0.5, 0.6) is 11.5 Å². The van der Waals surface area contributed by atoms with Crippen LogP contribution in [0, 0.1) is 11.3 Å². The van der Waals surface area contributed by atoms with Gasteiger partial charge in [0.1, 0.15) is 11.5 Å². The van der Waals surface area contributed by atoms with Gasteiger partial charge in [0.05, 0.1) is 18.6 Å². The summed E-state index contributed by atoms with van der Waals surface area (Å²) < 4.78 is 0. The number of aliphatic hydroxyl groups excluding tert-OH is 1. The highest BCUT2D eigenvalue weighted by molar-refractivity contribution is 5.40. The summed E-state index contributed by atoms with van der Waals surface area (Å²) in [5.41, 5.74) is 0.168. The molecule has 0 aromatic heterocycles. The molecule has 0 radical (unpaired) electrons. The summed E-state index contributed by atoms with van der Waals surface area (Å²) in [6.07, 6.45) is -1.17. The van der Waals surface area contributed by atoms with Gasteiger partial charge in [0.25, 0.3) is 0 Å². The van der Waals surface area contributed by atoms with E-state index < -0.39 is 6.10 Å². The number of benzene rings is 1. The molecule has 0 aliphatic rings. The largest absolute Gasteiger partial charge is 0.508 e. The number of phenols is 2. The minimum Gasteiger partial charge on any atom is -0.508 e. The molecule has 1 atom stereocenters. The number of nitrogens with zero attached hydrogens (tertiary/aromatic N) is 1. The van der Waals surface area contributed by atoms with E-state index in [-0.39, 0.29) is 23.5 Å². The minimum absolute atomic E-state index is 0.0511. The Hall–Kier alpha value is -1.73. The fraction of sp³-hybridized carbons (Fsp3) is 0.222. The Morgan fingerprint density at radius 1 is 1.38 bits per heavy atom. The van der Waals surface area contributed by atoms with Gasteiger partial charge in [0.15, 0.2) is 0 Å². The lowest BCUT2D eigenvalue weighted by Crippen LogP contribution is -1.95. The van der Waals surface area contributed by atoms with Crippen LogP contribution in [-0.2, 0) is 0 Å². The third-order valence-electron chi connectivity index (χ3n) is 1.65. The highest BCUT2D eigenvalue weighted by atomic mass is 16.3. The van der Waals surface area contributed by atoms with E-state index in [4.69, 9.17) is 10.4 Å². The Morgan fingerprint density at radius 3 is 2.69 bits per heavy atom. The van der Waals surface area contributed by atoms with Crippen molar-refractivity contribution in [2.75, 3.05) is 0 Å². The van der Waals surface area contributed by atoms with Gasteiger partial charge in [-0.1, -0.05) is 0 Å². The summed E-state index contributed by atoms with van der Waals surface area (Å²) in [5.74, 6) is -0.176. The lowest BCUT2D eigenvalue weighted by Gasteiger charge is -2.08.